The number of aromatic nitrogens is 2. The molecule has 2 aromatic carbocycles. The lowest BCUT2D eigenvalue weighted by Gasteiger charge is -2.07. The average Bonchev–Trinajstić information content (AvgIpc) is 3.02. The van der Waals surface area contributed by atoms with Crippen molar-refractivity contribution in [3.8, 4) is 11.5 Å². The van der Waals surface area contributed by atoms with Crippen LogP contribution in [0.5, 0.6) is 11.5 Å². The first kappa shape index (κ1) is 17.1. The van der Waals surface area contributed by atoms with Crippen LogP contribution in [0.15, 0.2) is 51.5 Å². The van der Waals surface area contributed by atoms with Crippen molar-refractivity contribution in [2.45, 2.75) is 13.5 Å². The van der Waals surface area contributed by atoms with Crippen molar-refractivity contribution in [3.63, 3.8) is 0 Å². The standard InChI is InChI=1S/C17H12BrFN2O4/c1-10-20-16(25-21-10)9-23-12-3-5-13(6-4-12)24-17(22)14-8-11(18)2-7-15(14)19/h2-8H,9H2,1H3. The molecule has 3 rings (SSSR count). The Morgan fingerprint density at radius 3 is 2.60 bits per heavy atom. The predicted octanol–water partition coefficient (Wildman–Crippen LogP) is 4.08. The molecule has 0 saturated heterocycles. The van der Waals surface area contributed by atoms with Gasteiger partial charge in [0.1, 0.15) is 17.3 Å². The van der Waals surface area contributed by atoms with Gasteiger partial charge in [0.25, 0.3) is 5.89 Å². The van der Waals surface area contributed by atoms with Crippen LogP contribution in [-0.2, 0) is 6.61 Å². The molecule has 6 nitrogen and oxygen atoms in total. The molecule has 1 heterocycles. The van der Waals surface area contributed by atoms with Crippen LogP contribution in [0.25, 0.3) is 0 Å². The lowest BCUT2D eigenvalue weighted by Crippen LogP contribution is -2.10. The smallest absolute Gasteiger partial charge is 0.346 e. The highest BCUT2D eigenvalue weighted by atomic mass is 79.9. The average molecular weight is 407 g/mol. The maximum absolute atomic E-state index is 13.7. The van der Waals surface area contributed by atoms with Crippen LogP contribution in [-0.4, -0.2) is 16.1 Å². The topological polar surface area (TPSA) is 74.5 Å². The molecule has 0 unspecified atom stereocenters. The Labute approximate surface area is 150 Å². The molecule has 0 bridgehead atoms. The molecule has 128 valence electrons. The number of esters is 1. The summed E-state index contributed by atoms with van der Waals surface area (Å²) in [5.41, 5.74) is -0.151. The van der Waals surface area contributed by atoms with Gasteiger partial charge in [-0.1, -0.05) is 21.1 Å². The molecule has 0 N–H and O–H groups in total. The SMILES string of the molecule is Cc1noc(COc2ccc(OC(=O)c3cc(Br)ccc3F)cc2)n1. The highest BCUT2D eigenvalue weighted by Gasteiger charge is 2.14. The van der Waals surface area contributed by atoms with Crippen molar-refractivity contribution in [2.75, 3.05) is 0 Å². The number of ether oxygens (including phenoxy) is 2. The van der Waals surface area contributed by atoms with E-state index in [4.69, 9.17) is 14.0 Å². The Bertz CT molecular complexity index is 896. The first-order valence-corrected chi connectivity index (χ1v) is 8.00. The van der Waals surface area contributed by atoms with Gasteiger partial charge in [-0.15, -0.1) is 0 Å². The van der Waals surface area contributed by atoms with Crippen LogP contribution in [0.4, 0.5) is 4.39 Å². The lowest BCUT2D eigenvalue weighted by atomic mass is 10.2. The molecule has 0 aliphatic carbocycles. The fourth-order valence-corrected chi connectivity index (χ4v) is 2.32. The minimum atomic E-state index is -0.784. The number of rotatable bonds is 5. The summed E-state index contributed by atoms with van der Waals surface area (Å²) in [6.07, 6.45) is 0. The van der Waals surface area contributed by atoms with Crippen LogP contribution >= 0.6 is 15.9 Å². The quantitative estimate of drug-likeness (QED) is 0.469. The van der Waals surface area contributed by atoms with Crippen molar-refractivity contribution in [2.24, 2.45) is 0 Å². The number of nitrogens with zero attached hydrogens (tertiary/aromatic N) is 2. The first-order chi connectivity index (χ1) is 12.0. The second-order valence-electron chi connectivity index (χ2n) is 5.01. The number of carbonyl (C=O) groups is 1. The van der Waals surface area contributed by atoms with Gasteiger partial charge < -0.3 is 14.0 Å². The Balaban J connectivity index is 1.62. The molecule has 0 aliphatic heterocycles. The summed E-state index contributed by atoms with van der Waals surface area (Å²) in [6, 6.07) is 10.4. The van der Waals surface area contributed by atoms with Crippen molar-refractivity contribution in [1.82, 2.24) is 10.1 Å². The van der Waals surface area contributed by atoms with E-state index in [1.807, 2.05) is 0 Å². The van der Waals surface area contributed by atoms with E-state index >= 15 is 0 Å². The summed E-state index contributed by atoms with van der Waals surface area (Å²) in [7, 11) is 0. The number of halogens is 2. The first-order valence-electron chi connectivity index (χ1n) is 7.20. The molecule has 0 aliphatic rings. The highest BCUT2D eigenvalue weighted by molar-refractivity contribution is 9.10. The summed E-state index contributed by atoms with van der Waals surface area (Å²) < 4.78 is 29.9. The van der Waals surface area contributed by atoms with E-state index in [2.05, 4.69) is 26.1 Å². The Kier molecular flexibility index (Phi) is 5.08. The molecule has 0 fully saturated rings. The van der Waals surface area contributed by atoms with Gasteiger partial charge in [0.2, 0.25) is 0 Å². The molecule has 0 atom stereocenters. The van der Waals surface area contributed by atoms with Crippen LogP contribution < -0.4 is 9.47 Å². The zero-order chi connectivity index (χ0) is 17.8. The minimum Gasteiger partial charge on any atom is -0.484 e. The fraction of sp³-hybridized carbons (Fsp3) is 0.118. The Morgan fingerprint density at radius 2 is 1.92 bits per heavy atom. The van der Waals surface area contributed by atoms with E-state index in [1.54, 1.807) is 31.2 Å². The molecular formula is C17H12BrFN2O4. The normalized spacial score (nSPS) is 10.5. The molecule has 0 radical (unpaired) electrons. The maximum atomic E-state index is 13.7. The minimum absolute atomic E-state index is 0.128. The third kappa shape index (κ3) is 4.42. The molecular weight excluding hydrogens is 395 g/mol. The summed E-state index contributed by atoms with van der Waals surface area (Å²) in [4.78, 5) is 16.1. The molecule has 8 heteroatoms. The zero-order valence-electron chi connectivity index (χ0n) is 13.0. The van der Waals surface area contributed by atoms with E-state index in [9.17, 15) is 9.18 Å². The summed E-state index contributed by atoms with van der Waals surface area (Å²) >= 11 is 3.19. The van der Waals surface area contributed by atoms with Gasteiger partial charge in [-0.25, -0.2) is 9.18 Å². The third-order valence-electron chi connectivity index (χ3n) is 3.11. The summed E-state index contributed by atoms with van der Waals surface area (Å²) in [5, 5.41) is 3.66. The number of hydrogen-bond acceptors (Lipinski definition) is 6. The molecule has 3 aromatic rings. The number of carbonyl (C=O) groups excluding carboxylic acids is 1. The van der Waals surface area contributed by atoms with Gasteiger partial charge in [-0.3, -0.25) is 0 Å². The largest absolute Gasteiger partial charge is 0.484 e. The molecule has 0 amide bonds. The van der Waals surface area contributed by atoms with Crippen LogP contribution in [0, 0.1) is 12.7 Å². The van der Waals surface area contributed by atoms with E-state index in [-0.39, 0.29) is 17.9 Å². The number of aryl methyl sites for hydroxylation is 1. The number of benzene rings is 2. The van der Waals surface area contributed by atoms with Gasteiger partial charge in [-0.05, 0) is 49.4 Å². The van der Waals surface area contributed by atoms with Crippen LogP contribution in [0.1, 0.15) is 22.1 Å². The van der Waals surface area contributed by atoms with Crippen molar-refractivity contribution < 1.29 is 23.2 Å². The van der Waals surface area contributed by atoms with Gasteiger partial charge in [0.05, 0.1) is 5.56 Å². The second-order valence-corrected chi connectivity index (χ2v) is 5.92. The highest BCUT2D eigenvalue weighted by Crippen LogP contribution is 2.21. The predicted molar refractivity (Wildman–Crippen MR) is 88.9 cm³/mol. The monoisotopic (exact) mass is 406 g/mol. The summed E-state index contributed by atoms with van der Waals surface area (Å²) in [6.45, 7) is 1.84. The van der Waals surface area contributed by atoms with E-state index < -0.39 is 11.8 Å². The van der Waals surface area contributed by atoms with Gasteiger partial charge >= 0.3 is 5.97 Å². The van der Waals surface area contributed by atoms with Crippen LogP contribution in [0.3, 0.4) is 0 Å². The Hall–Kier alpha value is -2.74. The molecule has 1 aromatic heterocycles. The van der Waals surface area contributed by atoms with E-state index in [0.29, 0.717) is 21.9 Å². The second kappa shape index (κ2) is 7.43. The lowest BCUT2D eigenvalue weighted by molar-refractivity contribution is 0.0729. The molecule has 0 saturated carbocycles. The van der Waals surface area contributed by atoms with Crippen LogP contribution in [0.2, 0.25) is 0 Å². The molecule has 25 heavy (non-hydrogen) atoms. The van der Waals surface area contributed by atoms with Gasteiger partial charge in [-0.2, -0.15) is 4.98 Å². The van der Waals surface area contributed by atoms with E-state index in [0.717, 1.165) is 0 Å². The zero-order valence-corrected chi connectivity index (χ0v) is 14.6. The van der Waals surface area contributed by atoms with Gasteiger partial charge in [0, 0.05) is 4.47 Å². The van der Waals surface area contributed by atoms with E-state index in [1.165, 1.54) is 18.2 Å². The Morgan fingerprint density at radius 1 is 1.20 bits per heavy atom. The molecule has 0 spiro atoms. The van der Waals surface area contributed by atoms with Crippen molar-refractivity contribution in [3.05, 3.63) is 70.0 Å². The third-order valence-corrected chi connectivity index (χ3v) is 3.61. The summed E-state index contributed by atoms with van der Waals surface area (Å²) in [5.74, 6) is 0.255. The van der Waals surface area contributed by atoms with Crippen molar-refractivity contribution >= 4 is 21.9 Å². The van der Waals surface area contributed by atoms with Crippen molar-refractivity contribution in [1.29, 1.82) is 0 Å². The van der Waals surface area contributed by atoms with Gasteiger partial charge in [0.15, 0.2) is 12.4 Å². The fourth-order valence-electron chi connectivity index (χ4n) is 1.96. The number of hydrogen-bond donors (Lipinski definition) is 0. The maximum Gasteiger partial charge on any atom is 0.346 e.